The Kier molecular flexibility index (Phi) is 4.33. The molecule has 1 aromatic rings. The highest BCUT2D eigenvalue weighted by Gasteiger charge is 2.30. The summed E-state index contributed by atoms with van der Waals surface area (Å²) in [5.41, 5.74) is 3.89. The van der Waals surface area contributed by atoms with Crippen LogP contribution in [0.3, 0.4) is 0 Å². The van der Waals surface area contributed by atoms with Gasteiger partial charge in [0.15, 0.2) is 0 Å². The predicted octanol–water partition coefficient (Wildman–Crippen LogP) is 4.91. The standard InChI is InChI=1S/C19H30N2O/c1-14(22)19(2,3)13-17-16-11-7-8-12-18(16)21(20-17)15-9-5-4-6-10-15/h15,22H,1,4-13H2,2-3H3. The molecule has 1 heterocycles. The molecular formula is C19H30N2O. The van der Waals surface area contributed by atoms with Crippen molar-refractivity contribution < 1.29 is 5.11 Å². The zero-order valence-electron chi connectivity index (χ0n) is 14.2. The van der Waals surface area contributed by atoms with Crippen LogP contribution in [0.15, 0.2) is 12.3 Å². The minimum absolute atomic E-state index is 0.268. The van der Waals surface area contributed by atoms with E-state index in [1.54, 1.807) is 0 Å². The second-order valence-electron chi connectivity index (χ2n) is 7.82. The van der Waals surface area contributed by atoms with Crippen LogP contribution in [0.1, 0.15) is 81.8 Å². The smallest absolute Gasteiger partial charge is 0.0911 e. The van der Waals surface area contributed by atoms with E-state index in [-0.39, 0.29) is 11.2 Å². The van der Waals surface area contributed by atoms with Crippen LogP contribution in [0.25, 0.3) is 0 Å². The highest BCUT2D eigenvalue weighted by molar-refractivity contribution is 5.31. The van der Waals surface area contributed by atoms with Crippen molar-refractivity contribution >= 4 is 0 Å². The summed E-state index contributed by atoms with van der Waals surface area (Å²) >= 11 is 0. The Labute approximate surface area is 134 Å². The van der Waals surface area contributed by atoms with Crippen molar-refractivity contribution in [2.45, 2.75) is 84.1 Å². The fourth-order valence-electron chi connectivity index (χ4n) is 3.99. The Morgan fingerprint density at radius 1 is 1.18 bits per heavy atom. The maximum atomic E-state index is 9.87. The quantitative estimate of drug-likeness (QED) is 0.803. The summed E-state index contributed by atoms with van der Waals surface area (Å²) in [6, 6.07) is 0.606. The number of nitrogens with zero attached hydrogens (tertiary/aromatic N) is 2. The van der Waals surface area contributed by atoms with Crippen LogP contribution < -0.4 is 0 Å². The first-order valence-electron chi connectivity index (χ1n) is 8.96. The van der Waals surface area contributed by atoms with Crippen LogP contribution in [0.5, 0.6) is 0 Å². The van der Waals surface area contributed by atoms with E-state index in [1.807, 2.05) is 0 Å². The van der Waals surface area contributed by atoms with Gasteiger partial charge in [0, 0.05) is 17.5 Å². The summed E-state index contributed by atoms with van der Waals surface area (Å²) < 4.78 is 2.37. The molecule has 0 spiro atoms. The minimum atomic E-state index is -0.295. The summed E-state index contributed by atoms with van der Waals surface area (Å²) in [6.45, 7) is 7.87. The van der Waals surface area contributed by atoms with Crippen molar-refractivity contribution in [3.8, 4) is 0 Å². The number of aliphatic hydroxyl groups excluding tert-OH is 1. The molecule has 0 unspecified atom stereocenters. The van der Waals surface area contributed by atoms with Crippen LogP contribution in [-0.2, 0) is 19.3 Å². The molecule has 1 fully saturated rings. The first kappa shape index (κ1) is 15.6. The largest absolute Gasteiger partial charge is 0.512 e. The summed E-state index contributed by atoms with van der Waals surface area (Å²) in [5.74, 6) is 0.268. The summed E-state index contributed by atoms with van der Waals surface area (Å²) in [5, 5.41) is 14.9. The third-order valence-electron chi connectivity index (χ3n) is 5.60. The third kappa shape index (κ3) is 2.95. The molecule has 0 saturated heterocycles. The van der Waals surface area contributed by atoms with E-state index in [1.165, 1.54) is 68.3 Å². The molecule has 1 N–H and O–H groups in total. The molecule has 2 aliphatic rings. The average molecular weight is 302 g/mol. The predicted molar refractivity (Wildman–Crippen MR) is 90.2 cm³/mol. The van der Waals surface area contributed by atoms with Gasteiger partial charge in [-0.15, -0.1) is 0 Å². The molecule has 122 valence electrons. The molecule has 3 nitrogen and oxygen atoms in total. The first-order chi connectivity index (χ1) is 10.5. The van der Waals surface area contributed by atoms with Gasteiger partial charge in [0.2, 0.25) is 0 Å². The molecular weight excluding hydrogens is 272 g/mol. The molecule has 22 heavy (non-hydrogen) atoms. The first-order valence-corrected chi connectivity index (χ1v) is 8.96. The third-order valence-corrected chi connectivity index (χ3v) is 5.60. The summed E-state index contributed by atoms with van der Waals surface area (Å²) in [4.78, 5) is 0. The highest BCUT2D eigenvalue weighted by atomic mass is 16.3. The molecule has 0 aliphatic heterocycles. The van der Waals surface area contributed by atoms with Gasteiger partial charge in [0.25, 0.3) is 0 Å². The maximum Gasteiger partial charge on any atom is 0.0911 e. The van der Waals surface area contributed by atoms with Gasteiger partial charge in [-0.1, -0.05) is 39.7 Å². The number of aromatic nitrogens is 2. The zero-order chi connectivity index (χ0) is 15.7. The van der Waals surface area contributed by atoms with Crippen LogP contribution in [-0.4, -0.2) is 14.9 Å². The molecule has 2 aliphatic carbocycles. The Hall–Kier alpha value is -1.25. The number of aliphatic hydroxyl groups is 1. The molecule has 0 amide bonds. The van der Waals surface area contributed by atoms with E-state index in [9.17, 15) is 5.11 Å². The van der Waals surface area contributed by atoms with Gasteiger partial charge >= 0.3 is 0 Å². The SMILES string of the molecule is C=C(O)C(C)(C)Cc1nn(C2CCCCC2)c2c1CCCC2. The molecule has 1 aromatic heterocycles. The van der Waals surface area contributed by atoms with E-state index < -0.39 is 0 Å². The zero-order valence-corrected chi connectivity index (χ0v) is 14.2. The number of allylic oxidation sites excluding steroid dienone is 1. The molecule has 0 aromatic carbocycles. The van der Waals surface area contributed by atoms with Crippen molar-refractivity contribution in [3.05, 3.63) is 29.3 Å². The summed E-state index contributed by atoms with van der Waals surface area (Å²) in [7, 11) is 0. The van der Waals surface area contributed by atoms with Gasteiger partial charge in [-0.05, 0) is 44.1 Å². The number of fused-ring (bicyclic) bond motifs is 1. The summed E-state index contributed by atoms with van der Waals surface area (Å²) in [6.07, 6.45) is 12.3. The maximum absolute atomic E-state index is 9.87. The second kappa shape index (κ2) is 6.10. The molecule has 0 radical (unpaired) electrons. The van der Waals surface area contributed by atoms with Gasteiger partial charge in [-0.3, -0.25) is 4.68 Å². The van der Waals surface area contributed by atoms with Gasteiger partial charge in [0.05, 0.1) is 17.5 Å². The van der Waals surface area contributed by atoms with Crippen molar-refractivity contribution in [3.63, 3.8) is 0 Å². The van der Waals surface area contributed by atoms with Crippen LogP contribution in [0, 0.1) is 5.41 Å². The average Bonchev–Trinajstić information content (AvgIpc) is 2.86. The molecule has 3 heteroatoms. The number of rotatable bonds is 4. The fraction of sp³-hybridized carbons (Fsp3) is 0.737. The van der Waals surface area contributed by atoms with Crippen molar-refractivity contribution in [1.82, 2.24) is 9.78 Å². The number of hydrogen-bond donors (Lipinski definition) is 1. The normalized spacial score (nSPS) is 19.9. The van der Waals surface area contributed by atoms with Gasteiger partial charge in [0.1, 0.15) is 0 Å². The number of hydrogen-bond acceptors (Lipinski definition) is 2. The van der Waals surface area contributed by atoms with E-state index in [4.69, 9.17) is 5.10 Å². The lowest BCUT2D eigenvalue weighted by Gasteiger charge is -2.25. The van der Waals surface area contributed by atoms with E-state index in [0.29, 0.717) is 6.04 Å². The van der Waals surface area contributed by atoms with Crippen molar-refractivity contribution in [2.24, 2.45) is 5.41 Å². The highest BCUT2D eigenvalue weighted by Crippen LogP contribution is 2.36. The minimum Gasteiger partial charge on any atom is -0.512 e. The van der Waals surface area contributed by atoms with Crippen molar-refractivity contribution in [2.75, 3.05) is 0 Å². The van der Waals surface area contributed by atoms with E-state index >= 15 is 0 Å². The van der Waals surface area contributed by atoms with Gasteiger partial charge in [-0.2, -0.15) is 5.10 Å². The second-order valence-corrected chi connectivity index (χ2v) is 7.82. The molecule has 0 bridgehead atoms. The topological polar surface area (TPSA) is 38.1 Å². The molecule has 0 atom stereocenters. The van der Waals surface area contributed by atoms with Gasteiger partial charge in [-0.25, -0.2) is 0 Å². The molecule has 1 saturated carbocycles. The Bertz CT molecular complexity index is 550. The van der Waals surface area contributed by atoms with Crippen LogP contribution in [0.4, 0.5) is 0 Å². The lowest BCUT2D eigenvalue weighted by molar-refractivity contribution is 0.255. The lowest BCUT2D eigenvalue weighted by Crippen LogP contribution is -2.19. The lowest BCUT2D eigenvalue weighted by atomic mass is 9.83. The Morgan fingerprint density at radius 2 is 1.86 bits per heavy atom. The Balaban J connectivity index is 1.93. The van der Waals surface area contributed by atoms with Gasteiger partial charge < -0.3 is 5.11 Å². The molecule has 3 rings (SSSR count). The van der Waals surface area contributed by atoms with E-state index in [2.05, 4.69) is 25.1 Å². The monoisotopic (exact) mass is 302 g/mol. The van der Waals surface area contributed by atoms with Crippen molar-refractivity contribution in [1.29, 1.82) is 0 Å². The van der Waals surface area contributed by atoms with E-state index in [0.717, 1.165) is 12.8 Å². The van der Waals surface area contributed by atoms with Crippen LogP contribution >= 0.6 is 0 Å². The Morgan fingerprint density at radius 3 is 2.55 bits per heavy atom. The van der Waals surface area contributed by atoms with Crippen LogP contribution in [0.2, 0.25) is 0 Å². The fourth-order valence-corrected chi connectivity index (χ4v) is 3.99.